The van der Waals surface area contributed by atoms with Gasteiger partial charge in [0.15, 0.2) is 5.78 Å². The van der Waals surface area contributed by atoms with Crippen molar-refractivity contribution in [1.82, 2.24) is 19.6 Å². The molecule has 2 aliphatic heterocycles. The zero-order valence-electron chi connectivity index (χ0n) is 31.3. The molecule has 12 nitrogen and oxygen atoms in total. The van der Waals surface area contributed by atoms with Crippen LogP contribution in [0.4, 0.5) is 0 Å². The number of ketones is 1. The number of methoxy groups -OCH3 is 1. The Bertz CT molecular complexity index is 1800. The Hall–Kier alpha value is -3.58. The molecule has 13 heteroatoms. The van der Waals surface area contributed by atoms with E-state index in [2.05, 4.69) is 39.5 Å². The molecule has 1 N–H and O–H groups in total. The molecule has 0 bridgehead atoms. The lowest BCUT2D eigenvalue weighted by Gasteiger charge is -2.32. The number of amides is 1. The number of esters is 1. The molecule has 1 saturated heterocycles. The second kappa shape index (κ2) is 15.0. The molecule has 3 heterocycles. The van der Waals surface area contributed by atoms with Crippen LogP contribution in [0.3, 0.4) is 0 Å². The summed E-state index contributed by atoms with van der Waals surface area (Å²) in [4.78, 5) is 52.8. The van der Waals surface area contributed by atoms with Crippen molar-refractivity contribution in [3.63, 3.8) is 0 Å². The maximum absolute atomic E-state index is 14.5. The summed E-state index contributed by atoms with van der Waals surface area (Å²) in [6, 6.07) is 4.82. The highest BCUT2D eigenvalue weighted by atomic mass is 32.2. The highest BCUT2D eigenvalue weighted by Gasteiger charge is 2.61. The van der Waals surface area contributed by atoms with Crippen molar-refractivity contribution < 1.29 is 37.0 Å². The number of hydrogen-bond acceptors (Lipinski definition) is 11. The Morgan fingerprint density at radius 1 is 1.06 bits per heavy atom. The van der Waals surface area contributed by atoms with Crippen LogP contribution in [0.15, 0.2) is 36.5 Å². The average molecular weight is 739 g/mol. The monoisotopic (exact) mass is 738 g/mol. The van der Waals surface area contributed by atoms with E-state index in [0.29, 0.717) is 61.4 Å². The Balaban J connectivity index is 1.29. The van der Waals surface area contributed by atoms with Gasteiger partial charge in [-0.2, -0.15) is 0 Å². The number of fused-ring (bicyclic) bond motifs is 3. The molecular weight excluding hydrogens is 685 g/mol. The highest BCUT2D eigenvalue weighted by Crippen LogP contribution is 2.57. The number of allylic oxidation sites excluding steroid dienone is 2. The summed E-state index contributed by atoms with van der Waals surface area (Å²) in [7, 11) is -2.20. The van der Waals surface area contributed by atoms with Gasteiger partial charge in [0, 0.05) is 38.4 Å². The first-order chi connectivity index (χ1) is 24.5. The van der Waals surface area contributed by atoms with Gasteiger partial charge in [-0.15, -0.1) is 0 Å². The van der Waals surface area contributed by atoms with E-state index in [4.69, 9.17) is 14.2 Å². The van der Waals surface area contributed by atoms with Crippen LogP contribution < -0.4 is 14.2 Å². The van der Waals surface area contributed by atoms with Crippen LogP contribution in [-0.2, 0) is 29.1 Å². The minimum Gasteiger partial charge on any atom is -0.497 e. The van der Waals surface area contributed by atoms with Crippen molar-refractivity contribution in [2.45, 2.75) is 115 Å². The van der Waals surface area contributed by atoms with E-state index < -0.39 is 44.3 Å². The topological polar surface area (TPSA) is 154 Å². The van der Waals surface area contributed by atoms with E-state index in [0.717, 1.165) is 19.3 Å². The molecule has 0 unspecified atom stereocenters. The first-order valence-electron chi connectivity index (χ1n) is 18.8. The van der Waals surface area contributed by atoms with E-state index in [-0.39, 0.29) is 48.3 Å². The van der Waals surface area contributed by atoms with Gasteiger partial charge < -0.3 is 14.2 Å². The quantitative estimate of drug-likeness (QED) is 0.274. The third kappa shape index (κ3) is 9.13. The van der Waals surface area contributed by atoms with E-state index in [1.165, 1.54) is 0 Å². The highest BCUT2D eigenvalue weighted by molar-refractivity contribution is 7.90. The van der Waals surface area contributed by atoms with Crippen LogP contribution in [0.1, 0.15) is 92.4 Å². The predicted molar refractivity (Wildman–Crippen MR) is 196 cm³/mol. The summed E-state index contributed by atoms with van der Waals surface area (Å²) in [5, 5.41) is -0.550. The summed E-state index contributed by atoms with van der Waals surface area (Å²) in [5.41, 5.74) is -0.449. The second-order valence-corrected chi connectivity index (χ2v) is 18.6. The van der Waals surface area contributed by atoms with Gasteiger partial charge in [0.2, 0.25) is 21.8 Å². The van der Waals surface area contributed by atoms with Crippen molar-refractivity contribution in [2.75, 3.05) is 20.2 Å². The average Bonchev–Trinajstić information content (AvgIpc) is 3.99. The van der Waals surface area contributed by atoms with Crippen LogP contribution in [0.2, 0.25) is 0 Å². The Labute approximate surface area is 307 Å². The molecule has 0 spiro atoms. The third-order valence-corrected chi connectivity index (χ3v) is 13.0. The van der Waals surface area contributed by atoms with E-state index >= 15 is 0 Å². The number of carbonyl (C=O) groups excluding carboxylic acids is 3. The van der Waals surface area contributed by atoms with Gasteiger partial charge in [0.25, 0.3) is 0 Å². The van der Waals surface area contributed by atoms with Gasteiger partial charge in [-0.05, 0) is 82.3 Å². The summed E-state index contributed by atoms with van der Waals surface area (Å²) in [5.74, 6) is 0.102. The van der Waals surface area contributed by atoms with Crippen molar-refractivity contribution >= 4 is 38.7 Å². The van der Waals surface area contributed by atoms with Crippen molar-refractivity contribution in [2.24, 2.45) is 29.1 Å². The Morgan fingerprint density at radius 2 is 1.83 bits per heavy atom. The Kier molecular flexibility index (Phi) is 11.0. The molecule has 284 valence electrons. The largest absolute Gasteiger partial charge is 0.497 e. The molecule has 7 atom stereocenters. The van der Waals surface area contributed by atoms with Crippen molar-refractivity contribution in [1.29, 1.82) is 0 Å². The molecule has 6 rings (SSSR count). The maximum Gasteiger partial charge on any atom is 0.306 e. The lowest BCUT2D eigenvalue weighted by Crippen LogP contribution is -2.44. The maximum atomic E-state index is 14.5. The molecule has 2 aromatic rings. The summed E-state index contributed by atoms with van der Waals surface area (Å²) in [6.07, 6.45) is 10.0. The fourth-order valence-corrected chi connectivity index (χ4v) is 9.21. The third-order valence-electron chi connectivity index (χ3n) is 11.1. The van der Waals surface area contributed by atoms with Crippen molar-refractivity contribution in [3.8, 4) is 11.6 Å². The molecule has 0 radical (unpaired) electrons. The van der Waals surface area contributed by atoms with Gasteiger partial charge >= 0.3 is 5.97 Å². The van der Waals surface area contributed by atoms with Crippen LogP contribution in [0.25, 0.3) is 11.0 Å². The van der Waals surface area contributed by atoms with Crippen LogP contribution in [0.5, 0.6) is 11.6 Å². The number of hydrogen-bond donors (Lipinski definition) is 1. The molecule has 1 aromatic heterocycles. The number of nitrogens with zero attached hydrogens (tertiary/aromatic N) is 3. The standard InChI is InChI=1S/C39H54N4O8S/c1-24-8-7-9-25(2)26(16-36(45)51-38(3,4)5)22-43-23-29(50-35-21-40-32-17-28(49-6)12-15-31(32)41-35)18-33(43)34(44)20-39(19-27(39)11-10-24)37(46)42-52(47,48)30-13-14-30/h10-12,15,17,21,24-27,29-30,33H,7-9,13-14,16,18-20,22-23H2,1-6H3,(H,42,46)/b11-10-/t24-,25-,26-,27-,29-,33+,39-/m1/s1. The molecule has 1 amide bonds. The van der Waals surface area contributed by atoms with Gasteiger partial charge in [-0.1, -0.05) is 38.8 Å². The van der Waals surface area contributed by atoms with E-state index in [1.54, 1.807) is 25.4 Å². The SMILES string of the molecule is COc1ccc2nc(O[C@@H]3C[C@H]4C(=O)C[C@]5(C(=O)NS(=O)(=O)C6CC6)C[C@H]5/C=C\[C@H](C)CCC[C@@H](C)[C@H](CC(=O)OC(C)(C)C)CN4C3)cnc2c1. The molecule has 2 aliphatic carbocycles. The zero-order valence-corrected chi connectivity index (χ0v) is 32.1. The van der Waals surface area contributed by atoms with E-state index in [9.17, 15) is 22.8 Å². The van der Waals surface area contributed by atoms with Gasteiger partial charge in [-0.3, -0.25) is 24.0 Å². The number of aromatic nitrogens is 2. The smallest absolute Gasteiger partial charge is 0.306 e. The lowest BCUT2D eigenvalue weighted by molar-refractivity contribution is -0.156. The molecule has 52 heavy (non-hydrogen) atoms. The van der Waals surface area contributed by atoms with Gasteiger partial charge in [0.1, 0.15) is 17.5 Å². The lowest BCUT2D eigenvalue weighted by atomic mass is 9.85. The predicted octanol–water partition coefficient (Wildman–Crippen LogP) is 5.39. The first kappa shape index (κ1) is 38.2. The summed E-state index contributed by atoms with van der Waals surface area (Å²) >= 11 is 0. The number of benzene rings is 1. The summed E-state index contributed by atoms with van der Waals surface area (Å²) < 4.78 is 45.6. The van der Waals surface area contributed by atoms with Crippen molar-refractivity contribution in [3.05, 3.63) is 36.5 Å². The molecule has 3 fully saturated rings. The van der Waals surface area contributed by atoms with Gasteiger partial charge in [0.05, 0.1) is 41.0 Å². The normalized spacial score (nSPS) is 31.0. The minimum absolute atomic E-state index is 0.0831. The number of rotatable bonds is 8. The molecule has 4 aliphatic rings. The van der Waals surface area contributed by atoms with Crippen LogP contribution >= 0.6 is 0 Å². The summed E-state index contributed by atoms with van der Waals surface area (Å²) in [6.45, 7) is 10.8. The molecule has 1 aromatic carbocycles. The van der Waals surface area contributed by atoms with Crippen LogP contribution in [-0.4, -0.2) is 84.1 Å². The number of nitrogens with one attached hydrogen (secondary N) is 1. The number of carbonyl (C=O) groups is 3. The number of ether oxygens (including phenoxy) is 3. The Morgan fingerprint density at radius 3 is 2.54 bits per heavy atom. The molecule has 2 saturated carbocycles. The second-order valence-electron chi connectivity index (χ2n) is 16.6. The van der Waals surface area contributed by atoms with Gasteiger partial charge in [-0.25, -0.2) is 18.4 Å². The number of sulfonamides is 1. The van der Waals surface area contributed by atoms with Crippen LogP contribution in [0, 0.1) is 29.1 Å². The van der Waals surface area contributed by atoms with E-state index in [1.807, 2.05) is 32.9 Å². The first-order valence-corrected chi connectivity index (χ1v) is 20.3. The fraction of sp³-hybridized carbons (Fsp3) is 0.667. The fourth-order valence-electron chi connectivity index (χ4n) is 7.82. The number of Topliss-reactive ketones (excluding diaryl/α,β-unsaturated/α-hetero) is 1. The minimum atomic E-state index is -3.79. The molecular formula is C39H54N4O8S. The zero-order chi connectivity index (χ0) is 37.4.